The maximum absolute atomic E-state index is 12.9. The van der Waals surface area contributed by atoms with E-state index in [4.69, 9.17) is 9.05 Å². The molecule has 3 unspecified atom stereocenters. The molecule has 0 aliphatic carbocycles. The molecule has 0 fully saturated rings. The summed E-state index contributed by atoms with van der Waals surface area (Å²) in [5.74, 6) is -0.195. The minimum Gasteiger partial charge on any atom is -0.387 e. The number of quaternary nitrogens is 1. The lowest BCUT2D eigenvalue weighted by atomic mass is 10.0. The van der Waals surface area contributed by atoms with E-state index >= 15 is 0 Å². The van der Waals surface area contributed by atoms with Gasteiger partial charge in [0.25, 0.3) is 0 Å². The Morgan fingerprint density at radius 3 is 1.23 bits per heavy atom. The van der Waals surface area contributed by atoms with E-state index in [1.807, 2.05) is 27.2 Å². The Labute approximate surface area is 403 Å². The maximum atomic E-state index is 12.9. The molecule has 0 aromatic rings. The average molecular weight is 936 g/mol. The van der Waals surface area contributed by atoms with E-state index < -0.39 is 20.0 Å². The summed E-state index contributed by atoms with van der Waals surface area (Å²) in [6, 6.07) is -0.873. The topological polar surface area (TPSA) is 105 Å². The van der Waals surface area contributed by atoms with Crippen molar-refractivity contribution in [1.29, 1.82) is 0 Å². The summed E-state index contributed by atoms with van der Waals surface area (Å²) in [6.45, 7) is 4.80. The van der Waals surface area contributed by atoms with Gasteiger partial charge in [-0.15, -0.1) is 0 Å². The van der Waals surface area contributed by atoms with Gasteiger partial charge in [-0.3, -0.25) is 13.8 Å². The lowest BCUT2D eigenvalue weighted by Gasteiger charge is -2.25. The van der Waals surface area contributed by atoms with Crippen molar-refractivity contribution in [2.75, 3.05) is 40.9 Å². The van der Waals surface area contributed by atoms with Crippen LogP contribution in [0.15, 0.2) is 48.6 Å². The second-order valence-corrected chi connectivity index (χ2v) is 21.4. The van der Waals surface area contributed by atoms with Crippen LogP contribution in [0.3, 0.4) is 0 Å². The minimum atomic E-state index is -4.36. The summed E-state index contributed by atoms with van der Waals surface area (Å²) in [5, 5.41) is 13.9. The van der Waals surface area contributed by atoms with Gasteiger partial charge in [0, 0.05) is 6.42 Å². The van der Waals surface area contributed by atoms with Crippen molar-refractivity contribution in [2.24, 2.45) is 0 Å². The number of hydrogen-bond donors (Lipinski definition) is 3. The number of carbonyl (C=O) groups is 1. The molecular weight excluding hydrogens is 828 g/mol. The first kappa shape index (κ1) is 63.5. The highest BCUT2D eigenvalue weighted by molar-refractivity contribution is 7.47. The molecule has 0 aromatic heterocycles. The number of carbonyl (C=O) groups excluding carboxylic acids is 1. The van der Waals surface area contributed by atoms with Crippen LogP contribution >= 0.6 is 7.82 Å². The standard InChI is InChI=1S/C56H107N2O6P/c1-6-8-10-12-14-16-18-20-22-24-26-27-28-29-30-31-32-33-35-37-39-41-43-45-47-49-55(59)54(53-64-65(61,62)63-52-51-58(3,4)5)57-56(60)50-48-46-44-42-40-38-36-34-25-23-21-19-17-15-13-11-9-7-2/h23,25,32-33,39,41,47,49,54-55,59H,6-22,24,26-31,34-38,40,42-46,48,50-53H2,1-5H3,(H-,57,60,61,62)/p+1/b25-23-,33-32+,41-39+,49-47+. The third kappa shape index (κ3) is 50.2. The predicted octanol–water partition coefficient (Wildman–Crippen LogP) is 16.4. The summed E-state index contributed by atoms with van der Waals surface area (Å²) in [5.41, 5.74) is 0. The van der Waals surface area contributed by atoms with Gasteiger partial charge >= 0.3 is 7.82 Å². The van der Waals surface area contributed by atoms with Crippen LogP contribution < -0.4 is 5.32 Å². The molecule has 0 rings (SSSR count). The van der Waals surface area contributed by atoms with Gasteiger partial charge < -0.3 is 19.8 Å². The number of nitrogens with zero attached hydrogens (tertiary/aromatic N) is 1. The number of aliphatic hydroxyl groups excluding tert-OH is 1. The van der Waals surface area contributed by atoms with Gasteiger partial charge in [-0.05, 0) is 70.6 Å². The largest absolute Gasteiger partial charge is 0.472 e. The number of phosphoric ester groups is 1. The molecule has 0 saturated heterocycles. The monoisotopic (exact) mass is 936 g/mol. The molecule has 0 spiro atoms. The van der Waals surface area contributed by atoms with E-state index in [0.29, 0.717) is 17.4 Å². The highest BCUT2D eigenvalue weighted by Crippen LogP contribution is 2.43. The normalized spacial score (nSPS) is 14.4. The zero-order valence-electron chi connectivity index (χ0n) is 43.5. The highest BCUT2D eigenvalue weighted by atomic mass is 31.2. The minimum absolute atomic E-state index is 0.0521. The summed E-state index contributed by atoms with van der Waals surface area (Å²) >= 11 is 0. The van der Waals surface area contributed by atoms with Crippen molar-refractivity contribution < 1.29 is 32.9 Å². The van der Waals surface area contributed by atoms with Crippen LogP contribution in [0.25, 0.3) is 0 Å². The van der Waals surface area contributed by atoms with Gasteiger partial charge in [0.1, 0.15) is 13.2 Å². The van der Waals surface area contributed by atoms with E-state index in [0.717, 1.165) is 44.9 Å². The van der Waals surface area contributed by atoms with Crippen molar-refractivity contribution in [3.63, 3.8) is 0 Å². The number of allylic oxidation sites excluding steroid dienone is 7. The number of hydrogen-bond acceptors (Lipinski definition) is 5. The summed E-state index contributed by atoms with van der Waals surface area (Å²) in [6.07, 6.45) is 62.1. The van der Waals surface area contributed by atoms with E-state index in [9.17, 15) is 19.4 Å². The molecule has 3 atom stereocenters. The molecule has 0 heterocycles. The quantitative estimate of drug-likeness (QED) is 0.0243. The Kier molecular flexibility index (Phi) is 46.4. The fourth-order valence-electron chi connectivity index (χ4n) is 7.89. The maximum Gasteiger partial charge on any atom is 0.472 e. The van der Waals surface area contributed by atoms with Crippen molar-refractivity contribution in [2.45, 2.75) is 264 Å². The average Bonchev–Trinajstić information content (AvgIpc) is 3.26. The molecule has 0 aromatic carbocycles. The third-order valence-corrected chi connectivity index (χ3v) is 13.2. The zero-order chi connectivity index (χ0) is 47.8. The second-order valence-electron chi connectivity index (χ2n) is 19.9. The number of amides is 1. The van der Waals surface area contributed by atoms with Crippen molar-refractivity contribution >= 4 is 13.7 Å². The zero-order valence-corrected chi connectivity index (χ0v) is 44.4. The molecule has 0 saturated carbocycles. The summed E-state index contributed by atoms with van der Waals surface area (Å²) in [4.78, 5) is 23.2. The van der Waals surface area contributed by atoms with Gasteiger partial charge in [0.05, 0.1) is 39.9 Å². The molecule has 0 radical (unpaired) electrons. The number of nitrogens with one attached hydrogen (secondary N) is 1. The van der Waals surface area contributed by atoms with E-state index in [1.165, 1.54) is 186 Å². The number of likely N-dealkylation sites (N-methyl/N-ethyl adjacent to an activating group) is 1. The second kappa shape index (κ2) is 47.5. The molecule has 0 bridgehead atoms. The Bertz CT molecular complexity index is 1200. The molecular formula is C56H108N2O6P+. The molecule has 0 aliphatic heterocycles. The van der Waals surface area contributed by atoms with Gasteiger partial charge in [-0.25, -0.2) is 4.57 Å². The number of unbranched alkanes of at least 4 members (excludes halogenated alkanes) is 31. The first-order valence-electron chi connectivity index (χ1n) is 27.5. The van der Waals surface area contributed by atoms with Crippen LogP contribution in [0, 0.1) is 0 Å². The fraction of sp³-hybridized carbons (Fsp3) is 0.839. The number of aliphatic hydroxyl groups is 1. The van der Waals surface area contributed by atoms with Gasteiger partial charge in [0.2, 0.25) is 5.91 Å². The van der Waals surface area contributed by atoms with Gasteiger partial charge in [0.15, 0.2) is 0 Å². The first-order chi connectivity index (χ1) is 31.5. The SMILES string of the molecule is CCCCCCCCC/C=C\CCCCCCCCCC(=O)NC(COP(=O)(O)OCC[N+](C)(C)C)C(O)/C=C/CC/C=C/CC/C=C/CCCCCCCCCCCCCCCCC. The summed E-state index contributed by atoms with van der Waals surface area (Å²) in [7, 11) is 1.54. The van der Waals surface area contributed by atoms with Crippen LogP contribution in [-0.4, -0.2) is 73.4 Å². The molecule has 9 heteroatoms. The molecule has 3 N–H and O–H groups in total. The van der Waals surface area contributed by atoms with Crippen LogP contribution in [0.1, 0.15) is 251 Å². The number of rotatable bonds is 50. The third-order valence-electron chi connectivity index (χ3n) is 12.2. The number of phosphoric acid groups is 1. The fourth-order valence-corrected chi connectivity index (χ4v) is 8.63. The smallest absolute Gasteiger partial charge is 0.387 e. The molecule has 0 aliphatic rings. The first-order valence-corrected chi connectivity index (χ1v) is 29.0. The van der Waals surface area contributed by atoms with Crippen LogP contribution in [0.2, 0.25) is 0 Å². The summed E-state index contributed by atoms with van der Waals surface area (Å²) < 4.78 is 23.6. The molecule has 8 nitrogen and oxygen atoms in total. The van der Waals surface area contributed by atoms with E-state index in [1.54, 1.807) is 6.08 Å². The van der Waals surface area contributed by atoms with Crippen LogP contribution in [-0.2, 0) is 18.4 Å². The Morgan fingerprint density at radius 1 is 0.508 bits per heavy atom. The Balaban J connectivity index is 4.33. The highest BCUT2D eigenvalue weighted by Gasteiger charge is 2.27. The van der Waals surface area contributed by atoms with Crippen LogP contribution in [0.4, 0.5) is 0 Å². The Morgan fingerprint density at radius 2 is 0.846 bits per heavy atom. The predicted molar refractivity (Wildman–Crippen MR) is 281 cm³/mol. The van der Waals surface area contributed by atoms with Crippen molar-refractivity contribution in [1.82, 2.24) is 5.32 Å². The van der Waals surface area contributed by atoms with Crippen molar-refractivity contribution in [3.8, 4) is 0 Å². The Hall–Kier alpha value is -1.54. The molecule has 382 valence electrons. The van der Waals surface area contributed by atoms with Gasteiger partial charge in [-0.1, -0.05) is 223 Å². The molecule has 65 heavy (non-hydrogen) atoms. The van der Waals surface area contributed by atoms with Gasteiger partial charge in [-0.2, -0.15) is 0 Å². The van der Waals surface area contributed by atoms with E-state index in [-0.39, 0.29) is 19.1 Å². The van der Waals surface area contributed by atoms with E-state index in [2.05, 4.69) is 55.6 Å². The van der Waals surface area contributed by atoms with Crippen molar-refractivity contribution in [3.05, 3.63) is 48.6 Å². The molecule has 1 amide bonds. The lowest BCUT2D eigenvalue weighted by molar-refractivity contribution is -0.870. The lowest BCUT2D eigenvalue weighted by Crippen LogP contribution is -2.45. The van der Waals surface area contributed by atoms with Crippen LogP contribution in [0.5, 0.6) is 0 Å².